The molecule has 5 rings (SSSR count). The summed E-state index contributed by atoms with van der Waals surface area (Å²) in [5.41, 5.74) is 5.41. The number of hydrogen-bond donors (Lipinski definition) is 3. The molecule has 1 fully saturated rings. The van der Waals surface area contributed by atoms with Gasteiger partial charge in [0.15, 0.2) is 0 Å². The van der Waals surface area contributed by atoms with Crippen LogP contribution in [0.4, 0.5) is 0 Å². The molecule has 0 bridgehead atoms. The fourth-order valence-corrected chi connectivity index (χ4v) is 5.38. The first kappa shape index (κ1) is 22.4. The van der Waals surface area contributed by atoms with E-state index in [0.717, 1.165) is 55.7 Å². The van der Waals surface area contributed by atoms with Crippen molar-refractivity contribution in [2.45, 2.75) is 50.4 Å². The number of nitrogens with zero attached hydrogens (tertiary/aromatic N) is 4. The first-order valence-corrected chi connectivity index (χ1v) is 12.5. The van der Waals surface area contributed by atoms with Crippen LogP contribution in [0.5, 0.6) is 0 Å². The molecule has 0 radical (unpaired) electrons. The predicted octanol–water partition coefficient (Wildman–Crippen LogP) is 2.71. The van der Waals surface area contributed by atoms with Gasteiger partial charge < -0.3 is 5.11 Å². The zero-order chi connectivity index (χ0) is 22.8. The summed E-state index contributed by atoms with van der Waals surface area (Å²) in [7, 11) is 0. The van der Waals surface area contributed by atoms with Crippen LogP contribution in [-0.2, 0) is 30.8 Å². The van der Waals surface area contributed by atoms with E-state index in [9.17, 15) is 9.32 Å². The van der Waals surface area contributed by atoms with Gasteiger partial charge in [-0.05, 0) is 60.5 Å². The van der Waals surface area contributed by atoms with Crippen LogP contribution in [0.1, 0.15) is 58.9 Å². The Balaban J connectivity index is 1.16. The number of nitrogens with one attached hydrogen (secondary N) is 1. The second-order valence-corrected chi connectivity index (χ2v) is 9.76. The van der Waals surface area contributed by atoms with Crippen molar-refractivity contribution in [3.8, 4) is 0 Å². The van der Waals surface area contributed by atoms with Crippen LogP contribution in [0.3, 0.4) is 0 Å². The number of rotatable bonds is 7. The summed E-state index contributed by atoms with van der Waals surface area (Å²) in [5.74, 6) is 0.489. The van der Waals surface area contributed by atoms with Crippen LogP contribution < -0.4 is 4.72 Å². The van der Waals surface area contributed by atoms with E-state index in [1.165, 1.54) is 11.1 Å². The number of piperidine rings is 1. The van der Waals surface area contributed by atoms with Crippen LogP contribution in [-0.4, -0.2) is 46.9 Å². The molecule has 3 N–H and O–H groups in total. The Hall–Kier alpha value is -2.43. The fraction of sp³-hybridized carbons (Fsp3) is 0.417. The number of aliphatic hydroxyl groups excluding tert-OH is 1. The minimum absolute atomic E-state index is 0.0978. The molecule has 2 aliphatic rings. The molecular formula is C24H29N5O3S. The molecule has 0 spiro atoms. The van der Waals surface area contributed by atoms with Crippen molar-refractivity contribution in [3.05, 3.63) is 82.7 Å². The van der Waals surface area contributed by atoms with Crippen LogP contribution in [0, 0.1) is 0 Å². The molecule has 3 atom stereocenters. The Labute approximate surface area is 196 Å². The summed E-state index contributed by atoms with van der Waals surface area (Å²) >= 11 is -2.00. The van der Waals surface area contributed by atoms with Crippen LogP contribution in [0.15, 0.2) is 54.7 Å². The number of hydrogen-bond acceptors (Lipinski definition) is 5. The van der Waals surface area contributed by atoms with Crippen molar-refractivity contribution in [3.63, 3.8) is 0 Å². The van der Waals surface area contributed by atoms with E-state index in [4.69, 9.17) is 4.55 Å². The van der Waals surface area contributed by atoms with Gasteiger partial charge in [-0.2, -0.15) is 0 Å². The lowest BCUT2D eigenvalue weighted by Gasteiger charge is -2.31. The zero-order valence-electron chi connectivity index (χ0n) is 18.4. The van der Waals surface area contributed by atoms with Gasteiger partial charge in [0.05, 0.1) is 17.9 Å². The Morgan fingerprint density at radius 2 is 1.94 bits per heavy atom. The highest BCUT2D eigenvalue weighted by molar-refractivity contribution is 7.77. The van der Waals surface area contributed by atoms with Crippen molar-refractivity contribution >= 4 is 11.3 Å². The topological polar surface area (TPSA) is 104 Å². The Kier molecular flexibility index (Phi) is 6.66. The lowest BCUT2D eigenvalue weighted by Crippen LogP contribution is -2.32. The Morgan fingerprint density at radius 1 is 1.12 bits per heavy atom. The molecule has 2 heterocycles. The highest BCUT2D eigenvalue weighted by atomic mass is 32.2. The quantitative estimate of drug-likeness (QED) is 0.462. The summed E-state index contributed by atoms with van der Waals surface area (Å²) in [6, 6.07) is 16.2. The maximum atomic E-state index is 10.9. The van der Waals surface area contributed by atoms with Crippen LogP contribution in [0.25, 0.3) is 0 Å². The highest BCUT2D eigenvalue weighted by Crippen LogP contribution is 2.38. The number of aromatic nitrogens is 3. The van der Waals surface area contributed by atoms with Crippen molar-refractivity contribution in [2.24, 2.45) is 0 Å². The van der Waals surface area contributed by atoms with Gasteiger partial charge in [-0.15, -0.1) is 5.10 Å². The van der Waals surface area contributed by atoms with Gasteiger partial charge in [0.2, 0.25) is 11.3 Å². The Morgan fingerprint density at radius 3 is 2.73 bits per heavy atom. The van der Waals surface area contributed by atoms with Crippen LogP contribution >= 0.6 is 0 Å². The van der Waals surface area contributed by atoms with E-state index in [-0.39, 0.29) is 6.04 Å². The van der Waals surface area contributed by atoms with Gasteiger partial charge in [-0.1, -0.05) is 53.7 Å². The third-order valence-electron chi connectivity index (χ3n) is 6.86. The molecule has 1 unspecified atom stereocenters. The summed E-state index contributed by atoms with van der Waals surface area (Å²) in [4.78, 5) is 2.41. The van der Waals surface area contributed by atoms with Gasteiger partial charge in [-0.25, -0.2) is 13.6 Å². The maximum absolute atomic E-state index is 10.9. The molecule has 2 aromatic carbocycles. The van der Waals surface area contributed by atoms with Gasteiger partial charge in [0, 0.05) is 13.1 Å². The van der Waals surface area contributed by atoms with E-state index >= 15 is 0 Å². The molecule has 1 saturated heterocycles. The fourth-order valence-electron chi connectivity index (χ4n) is 5.09. The molecule has 0 saturated carbocycles. The number of aliphatic hydroxyl groups is 1. The van der Waals surface area contributed by atoms with E-state index in [0.29, 0.717) is 12.5 Å². The lowest BCUT2D eigenvalue weighted by molar-refractivity contribution is 0.120. The normalized spacial score (nSPS) is 22.4. The minimum Gasteiger partial charge on any atom is -0.386 e. The number of fused-ring (bicyclic) bond motifs is 1. The standard InChI is InChI=1S/C24H29N5O3S/c30-24-22-7-2-1-5-20(22)13-23(24)29-16-21(26-27-29)15-28-10-8-18(9-11-28)19-6-3-4-17(12-19)14-25-33(31)32/h1-7,12,16,18,23-25,30H,8-11,13-15H2,(H,31,32)/t23-,24+/m1/s1. The molecule has 1 aliphatic carbocycles. The van der Waals surface area contributed by atoms with E-state index in [1.54, 1.807) is 0 Å². The molecule has 0 amide bonds. The third kappa shape index (κ3) is 5.07. The second kappa shape index (κ2) is 9.82. The average molecular weight is 468 g/mol. The van der Waals surface area contributed by atoms with Gasteiger partial charge >= 0.3 is 0 Å². The second-order valence-electron chi connectivity index (χ2n) is 8.97. The molecule has 1 aromatic heterocycles. The maximum Gasteiger partial charge on any atom is 0.232 e. The predicted molar refractivity (Wildman–Crippen MR) is 125 cm³/mol. The SMILES string of the molecule is O=S(O)NCc1cccc(C2CCN(Cc3cn([C@@H]4Cc5ccccc5[C@@H]4O)nn3)CC2)c1. The molecule has 33 heavy (non-hydrogen) atoms. The number of benzene rings is 2. The van der Waals surface area contributed by atoms with Crippen molar-refractivity contribution in [2.75, 3.05) is 13.1 Å². The van der Waals surface area contributed by atoms with Gasteiger partial charge in [0.1, 0.15) is 6.10 Å². The van der Waals surface area contributed by atoms with E-state index < -0.39 is 17.4 Å². The summed E-state index contributed by atoms with van der Waals surface area (Å²) < 4.78 is 24.2. The van der Waals surface area contributed by atoms with Crippen LogP contribution in [0.2, 0.25) is 0 Å². The smallest absolute Gasteiger partial charge is 0.232 e. The molecule has 1 aliphatic heterocycles. The lowest BCUT2D eigenvalue weighted by atomic mass is 9.88. The molecular weight excluding hydrogens is 438 g/mol. The highest BCUT2D eigenvalue weighted by Gasteiger charge is 2.33. The summed E-state index contributed by atoms with van der Waals surface area (Å²) in [6.07, 6.45) is 4.33. The molecule has 9 heteroatoms. The zero-order valence-corrected chi connectivity index (χ0v) is 19.2. The summed E-state index contributed by atoms with van der Waals surface area (Å²) in [6.45, 7) is 3.11. The molecule has 174 valence electrons. The molecule has 3 aromatic rings. The first-order chi connectivity index (χ1) is 16.1. The third-order valence-corrected chi connectivity index (χ3v) is 7.25. The monoisotopic (exact) mass is 467 g/mol. The minimum atomic E-state index is -2.00. The van der Waals surface area contributed by atoms with Crippen molar-refractivity contribution < 1.29 is 13.9 Å². The summed E-state index contributed by atoms with van der Waals surface area (Å²) in [5, 5.41) is 19.4. The van der Waals surface area contributed by atoms with E-state index in [1.807, 2.05) is 41.2 Å². The average Bonchev–Trinajstić information content (AvgIpc) is 3.43. The molecule has 8 nitrogen and oxygen atoms in total. The van der Waals surface area contributed by atoms with Crippen molar-refractivity contribution in [1.82, 2.24) is 24.6 Å². The van der Waals surface area contributed by atoms with E-state index in [2.05, 4.69) is 38.1 Å². The van der Waals surface area contributed by atoms with Crippen molar-refractivity contribution in [1.29, 1.82) is 0 Å². The van der Waals surface area contributed by atoms with Gasteiger partial charge in [-0.3, -0.25) is 9.45 Å². The number of likely N-dealkylation sites (tertiary alicyclic amines) is 1. The first-order valence-electron chi connectivity index (χ1n) is 11.4. The largest absolute Gasteiger partial charge is 0.386 e. The Bertz CT molecular complexity index is 1130. The van der Waals surface area contributed by atoms with Gasteiger partial charge in [0.25, 0.3) is 0 Å².